The van der Waals surface area contributed by atoms with Gasteiger partial charge in [-0.15, -0.1) is 11.3 Å². The molecule has 4 aromatic rings. The summed E-state index contributed by atoms with van der Waals surface area (Å²) in [6.07, 6.45) is 3.65. The molecule has 0 amide bonds. The number of morpholine rings is 1. The first-order valence-electron chi connectivity index (χ1n) is 9.80. The molecule has 0 spiro atoms. The van der Waals surface area contributed by atoms with Gasteiger partial charge in [0.1, 0.15) is 5.82 Å². The van der Waals surface area contributed by atoms with Crippen molar-refractivity contribution in [1.29, 1.82) is 0 Å². The highest BCUT2D eigenvalue weighted by atomic mass is 32.1. The average molecular weight is 420 g/mol. The zero-order valence-corrected chi connectivity index (χ0v) is 17.1. The smallest absolute Gasteiger partial charge is 0.227 e. The van der Waals surface area contributed by atoms with Crippen LogP contribution >= 0.6 is 11.3 Å². The molecule has 0 radical (unpaired) electrons. The molecule has 1 aliphatic heterocycles. The van der Waals surface area contributed by atoms with Crippen molar-refractivity contribution < 1.29 is 9.84 Å². The van der Waals surface area contributed by atoms with E-state index in [1.807, 2.05) is 42.6 Å². The monoisotopic (exact) mass is 419 g/mol. The van der Waals surface area contributed by atoms with Gasteiger partial charge in [-0.05, 0) is 23.3 Å². The van der Waals surface area contributed by atoms with Gasteiger partial charge in [0, 0.05) is 24.0 Å². The molecule has 30 heavy (non-hydrogen) atoms. The molecule has 8 heteroatoms. The number of hydrogen-bond donors (Lipinski definition) is 2. The maximum atomic E-state index is 9.26. The van der Waals surface area contributed by atoms with E-state index in [9.17, 15) is 5.11 Å². The number of pyridine rings is 1. The van der Waals surface area contributed by atoms with E-state index in [0.29, 0.717) is 5.95 Å². The molecule has 1 aliphatic rings. The van der Waals surface area contributed by atoms with E-state index in [0.717, 1.165) is 64.7 Å². The predicted octanol–water partition coefficient (Wildman–Crippen LogP) is 3.83. The van der Waals surface area contributed by atoms with Crippen LogP contribution in [0.2, 0.25) is 0 Å². The molecule has 0 unspecified atom stereocenters. The Morgan fingerprint density at radius 3 is 2.60 bits per heavy atom. The van der Waals surface area contributed by atoms with Gasteiger partial charge >= 0.3 is 0 Å². The first-order valence-corrected chi connectivity index (χ1v) is 10.7. The van der Waals surface area contributed by atoms with Gasteiger partial charge in [-0.25, -0.2) is 15.0 Å². The van der Waals surface area contributed by atoms with Crippen LogP contribution in [0.3, 0.4) is 0 Å². The minimum absolute atomic E-state index is 0.0409. The first-order chi connectivity index (χ1) is 14.8. The van der Waals surface area contributed by atoms with Crippen LogP contribution in [0.25, 0.3) is 21.3 Å². The second-order valence-electron chi connectivity index (χ2n) is 7.04. The number of benzene rings is 1. The summed E-state index contributed by atoms with van der Waals surface area (Å²) in [5.74, 6) is 1.49. The number of aromatic nitrogens is 3. The largest absolute Gasteiger partial charge is 0.392 e. The molecule has 0 atom stereocenters. The average Bonchev–Trinajstić information content (AvgIpc) is 3.23. The van der Waals surface area contributed by atoms with E-state index in [-0.39, 0.29) is 6.61 Å². The number of nitrogens with zero attached hydrogens (tertiary/aromatic N) is 4. The van der Waals surface area contributed by atoms with Crippen molar-refractivity contribution in [2.75, 3.05) is 36.5 Å². The number of aliphatic hydroxyl groups excluding tert-OH is 1. The fourth-order valence-electron chi connectivity index (χ4n) is 3.45. The van der Waals surface area contributed by atoms with E-state index in [1.54, 1.807) is 17.5 Å². The van der Waals surface area contributed by atoms with Crippen molar-refractivity contribution in [3.63, 3.8) is 0 Å². The summed E-state index contributed by atoms with van der Waals surface area (Å²) >= 11 is 1.62. The second-order valence-corrected chi connectivity index (χ2v) is 7.95. The zero-order chi connectivity index (χ0) is 20.3. The molecule has 0 aliphatic carbocycles. The minimum atomic E-state index is 0.0409. The number of anilines is 3. The maximum absolute atomic E-state index is 9.26. The molecular weight excluding hydrogens is 398 g/mol. The van der Waals surface area contributed by atoms with E-state index in [4.69, 9.17) is 9.72 Å². The number of thiophene rings is 1. The van der Waals surface area contributed by atoms with Crippen molar-refractivity contribution in [2.24, 2.45) is 0 Å². The molecule has 4 heterocycles. The summed E-state index contributed by atoms with van der Waals surface area (Å²) in [4.78, 5) is 16.0. The van der Waals surface area contributed by atoms with Crippen molar-refractivity contribution in [2.45, 2.75) is 6.61 Å². The fourth-order valence-corrected chi connectivity index (χ4v) is 4.32. The first kappa shape index (κ1) is 18.9. The summed E-state index contributed by atoms with van der Waals surface area (Å²) in [6.45, 7) is 3.24. The lowest BCUT2D eigenvalue weighted by Gasteiger charge is -2.27. The molecule has 1 saturated heterocycles. The third kappa shape index (κ3) is 3.85. The molecule has 7 nitrogen and oxygen atoms in total. The molecule has 1 fully saturated rings. The number of hydrogen-bond acceptors (Lipinski definition) is 8. The lowest BCUT2D eigenvalue weighted by molar-refractivity contribution is 0.122. The normalized spacial score (nSPS) is 14.2. The third-order valence-corrected chi connectivity index (χ3v) is 6.01. The topological polar surface area (TPSA) is 83.4 Å². The molecule has 1 aromatic carbocycles. The lowest BCUT2D eigenvalue weighted by atomic mass is 10.1. The van der Waals surface area contributed by atoms with Crippen molar-refractivity contribution >= 4 is 39.0 Å². The van der Waals surface area contributed by atoms with Gasteiger partial charge in [0.25, 0.3) is 0 Å². The quantitative estimate of drug-likeness (QED) is 0.509. The van der Waals surface area contributed by atoms with Gasteiger partial charge in [0.05, 0.1) is 48.1 Å². The van der Waals surface area contributed by atoms with Crippen LogP contribution in [-0.2, 0) is 11.3 Å². The molecule has 0 bridgehead atoms. The van der Waals surface area contributed by atoms with Gasteiger partial charge in [0.2, 0.25) is 5.95 Å². The Morgan fingerprint density at radius 1 is 1.03 bits per heavy atom. The molecular formula is C22H21N5O2S. The Morgan fingerprint density at radius 2 is 1.87 bits per heavy atom. The van der Waals surface area contributed by atoms with E-state index < -0.39 is 0 Å². The van der Waals surface area contributed by atoms with Crippen LogP contribution in [0.15, 0.2) is 54.2 Å². The number of rotatable bonds is 5. The molecule has 3 aromatic heterocycles. The van der Waals surface area contributed by atoms with Crippen LogP contribution in [0.5, 0.6) is 0 Å². The number of fused-ring (bicyclic) bond motifs is 1. The predicted molar refractivity (Wildman–Crippen MR) is 119 cm³/mol. The van der Waals surface area contributed by atoms with Crippen molar-refractivity contribution in [1.82, 2.24) is 15.0 Å². The van der Waals surface area contributed by atoms with Gasteiger partial charge in [-0.2, -0.15) is 0 Å². The van der Waals surface area contributed by atoms with Crippen LogP contribution in [0.4, 0.5) is 17.5 Å². The van der Waals surface area contributed by atoms with Crippen LogP contribution < -0.4 is 10.2 Å². The summed E-state index contributed by atoms with van der Waals surface area (Å²) < 4.78 is 6.43. The summed E-state index contributed by atoms with van der Waals surface area (Å²) in [6, 6.07) is 11.9. The summed E-state index contributed by atoms with van der Waals surface area (Å²) in [5, 5.41) is 14.6. The van der Waals surface area contributed by atoms with Crippen molar-refractivity contribution in [3.05, 3.63) is 59.7 Å². The molecule has 5 rings (SSSR count). The molecule has 152 valence electrons. The summed E-state index contributed by atoms with van der Waals surface area (Å²) in [7, 11) is 0. The highest BCUT2D eigenvalue weighted by molar-refractivity contribution is 7.17. The Labute approximate surface area is 178 Å². The minimum Gasteiger partial charge on any atom is -0.392 e. The van der Waals surface area contributed by atoms with Gasteiger partial charge in [-0.1, -0.05) is 24.3 Å². The van der Waals surface area contributed by atoms with Crippen LogP contribution in [-0.4, -0.2) is 46.4 Å². The zero-order valence-electron chi connectivity index (χ0n) is 16.3. The van der Waals surface area contributed by atoms with E-state index in [2.05, 4.69) is 25.6 Å². The van der Waals surface area contributed by atoms with Crippen LogP contribution in [0, 0.1) is 0 Å². The second kappa shape index (κ2) is 8.35. The van der Waals surface area contributed by atoms with Gasteiger partial charge in [-0.3, -0.25) is 0 Å². The standard InChI is InChI=1S/C22H21N5O2S/c28-13-15-1-3-16(4-2-15)18-14-30-19-12-24-22(26-21(18)19)25-17-5-6-20(23-11-17)27-7-9-29-10-8-27/h1-6,11-12,14,28H,7-10,13H2,(H,24,25,26). The highest BCUT2D eigenvalue weighted by Gasteiger charge is 2.13. The van der Waals surface area contributed by atoms with Crippen molar-refractivity contribution in [3.8, 4) is 11.1 Å². The third-order valence-electron chi connectivity index (χ3n) is 5.10. The Balaban J connectivity index is 1.38. The highest BCUT2D eigenvalue weighted by Crippen LogP contribution is 2.33. The van der Waals surface area contributed by atoms with Crippen LogP contribution in [0.1, 0.15) is 5.56 Å². The lowest BCUT2D eigenvalue weighted by Crippen LogP contribution is -2.36. The number of aliphatic hydroxyl groups is 1. The fraction of sp³-hybridized carbons (Fsp3) is 0.227. The SMILES string of the molecule is OCc1ccc(-c2csc3cnc(Nc4ccc(N5CCOCC5)nc4)nc23)cc1. The van der Waals surface area contributed by atoms with Gasteiger partial charge in [0.15, 0.2) is 0 Å². The Hall–Kier alpha value is -3.07. The Kier molecular flexibility index (Phi) is 5.27. The molecule has 2 N–H and O–H groups in total. The Bertz CT molecular complexity index is 1140. The van der Waals surface area contributed by atoms with E-state index >= 15 is 0 Å². The number of nitrogens with one attached hydrogen (secondary N) is 1. The molecule has 0 saturated carbocycles. The van der Waals surface area contributed by atoms with Gasteiger partial charge < -0.3 is 20.1 Å². The summed E-state index contributed by atoms with van der Waals surface area (Å²) in [5.41, 5.74) is 4.77. The van der Waals surface area contributed by atoms with E-state index in [1.165, 1.54) is 0 Å². The number of ether oxygens (including phenoxy) is 1. The maximum Gasteiger partial charge on any atom is 0.227 e.